The minimum Gasteiger partial charge on any atom is -0.497 e. The Labute approximate surface area is 658 Å². The van der Waals surface area contributed by atoms with E-state index in [9.17, 15) is 33.9 Å². The molecule has 9 amide bonds. The highest BCUT2D eigenvalue weighted by molar-refractivity contribution is 6.00. The molecule has 6 aliphatic rings. The Morgan fingerprint density at radius 2 is 1.42 bits per heavy atom. The number of nitrogens with one attached hydrogen (secondary N) is 6. The molecular formula is C84H109FN11O17+. The standard InChI is InChI=1S/C84H108FN11O17/c1-53-78(104)88-66(27-24-63(98)32-39-111-41-42-112-40-38-96(4,5)6)79(105)89-67-45-58-14-10-15-59(43-58)49-86-74(102)52-113-71-31-37-94-77(71)81(107)91-76(54(2)97)80(106)90-68(44-56-21-25-64(110-7)26-22-56)83(109)95-36-12-33-84(95,3)72(100)16-11-13-55-17-19-57(20-18-55)50-93(75(103)30-29-73(101)87-53)35-9-8-34-92-51-61(46-60(82(94)108)47-70(67)99)65-48-62(85)23-28-69(65)92/h8-10,14-15,17-23,25-26,28,43,48,51,53-54,60,66-68,71,76-77,97H,11-13,16,24,27,29-42,44-47,49-50,52H2,1-7H3,(H5-,86,87,88,89,90,91,101,102,104,105,106,107)/p+1/b9-8+/t53-,54+,60+,66+,67-,68-,71-,76-,77-,84-/m0/s1. The van der Waals surface area contributed by atoms with E-state index in [-0.39, 0.29) is 128 Å². The smallest absolute Gasteiger partial charge is 0.246 e. The van der Waals surface area contributed by atoms with Crippen molar-refractivity contribution >= 4 is 81.4 Å². The first-order chi connectivity index (χ1) is 54.0. The van der Waals surface area contributed by atoms with Crippen LogP contribution in [0.4, 0.5) is 4.39 Å². The normalized spacial score (nSPS) is 24.9. The molecule has 0 radical (unpaired) electrons. The average molecular weight is 1560 g/mol. The highest BCUT2D eigenvalue weighted by Crippen LogP contribution is 2.35. The zero-order chi connectivity index (χ0) is 81.1. The number of aliphatic hydroxyl groups excluding tert-OH is 1. The van der Waals surface area contributed by atoms with Crippen molar-refractivity contribution in [1.29, 1.82) is 0 Å². The van der Waals surface area contributed by atoms with Crippen LogP contribution in [-0.4, -0.2) is 241 Å². The van der Waals surface area contributed by atoms with Crippen molar-refractivity contribution in [3.63, 3.8) is 0 Å². The van der Waals surface area contributed by atoms with E-state index >= 15 is 33.2 Å². The van der Waals surface area contributed by atoms with Gasteiger partial charge in [-0.25, -0.2) is 4.39 Å². The number of aromatic nitrogens is 1. The second-order valence-corrected chi connectivity index (χ2v) is 31.5. The van der Waals surface area contributed by atoms with Gasteiger partial charge in [-0.15, -0.1) is 0 Å². The number of Topliss-reactive ketones (excluding diaryl/α,β-unsaturated/α-hetero) is 3. The van der Waals surface area contributed by atoms with Crippen molar-refractivity contribution < 1.29 is 90.5 Å². The van der Waals surface area contributed by atoms with Gasteiger partial charge < -0.3 is 79.7 Å². The number of rotatable bonds is 16. The van der Waals surface area contributed by atoms with Gasteiger partial charge in [0.2, 0.25) is 53.2 Å². The number of quaternary nitrogens is 1. The maximum absolute atomic E-state index is 16.3. The first-order valence-electron chi connectivity index (χ1n) is 39.2. The minimum atomic E-state index is -1.84. The Kier molecular flexibility index (Phi) is 29.9. The topological polar surface area (TPSA) is 349 Å². The van der Waals surface area contributed by atoms with E-state index in [0.717, 1.165) is 17.7 Å². The summed E-state index contributed by atoms with van der Waals surface area (Å²) in [5.74, 6) is -9.75. The summed E-state index contributed by atoms with van der Waals surface area (Å²) in [5, 5.41) is 28.6. The predicted molar refractivity (Wildman–Crippen MR) is 415 cm³/mol. The Morgan fingerprint density at radius 3 is 2.17 bits per heavy atom. The van der Waals surface area contributed by atoms with E-state index in [4.69, 9.17) is 18.9 Å². The number of fused-ring (bicyclic) bond motifs is 16. The highest BCUT2D eigenvalue weighted by atomic mass is 19.1. The second kappa shape index (κ2) is 39.6. The van der Waals surface area contributed by atoms with Crippen LogP contribution in [0.2, 0.25) is 0 Å². The van der Waals surface area contributed by atoms with Gasteiger partial charge >= 0.3 is 0 Å². The van der Waals surface area contributed by atoms with Crippen LogP contribution >= 0.6 is 0 Å². The molecule has 7 N–H and O–H groups in total. The number of likely N-dealkylation sites (N-methyl/N-ethyl adjacent to an activating group) is 1. The molecule has 2 fully saturated rings. The van der Waals surface area contributed by atoms with Crippen molar-refractivity contribution in [1.82, 2.24) is 51.2 Å². The van der Waals surface area contributed by atoms with Crippen LogP contribution in [0, 0.1) is 11.7 Å². The summed E-state index contributed by atoms with van der Waals surface area (Å²) < 4.78 is 41.5. The maximum Gasteiger partial charge on any atom is 0.246 e. The quantitative estimate of drug-likeness (QED) is 0.0417. The van der Waals surface area contributed by atoms with Crippen LogP contribution in [0.1, 0.15) is 125 Å². The number of aliphatic hydroxyl groups is 1. The first-order valence-corrected chi connectivity index (χ1v) is 39.2. The van der Waals surface area contributed by atoms with Gasteiger partial charge in [0.1, 0.15) is 60.7 Å². The van der Waals surface area contributed by atoms with Crippen molar-refractivity contribution in [3.8, 4) is 5.75 Å². The number of amides is 9. The van der Waals surface area contributed by atoms with Crippen LogP contribution in [0.5, 0.6) is 5.75 Å². The lowest BCUT2D eigenvalue weighted by Gasteiger charge is -2.37. The van der Waals surface area contributed by atoms with Crippen molar-refractivity contribution in [2.75, 3.05) is 87.5 Å². The molecule has 29 heteroatoms. The van der Waals surface area contributed by atoms with E-state index in [1.54, 1.807) is 84.8 Å². The summed E-state index contributed by atoms with van der Waals surface area (Å²) in [5.41, 5.74) is 2.85. The summed E-state index contributed by atoms with van der Waals surface area (Å²) >= 11 is 0. The number of hydrogen-bond acceptors (Lipinski definition) is 17. The molecule has 4 aromatic carbocycles. The molecule has 0 spiro atoms. The molecule has 2 saturated heterocycles. The number of allylic oxidation sites excluding steroid dienone is 1. The molecule has 10 atom stereocenters. The lowest BCUT2D eigenvalue weighted by atomic mass is 9.88. The molecule has 6 aliphatic heterocycles. The molecule has 7 heterocycles. The van der Waals surface area contributed by atoms with Crippen molar-refractivity contribution in [2.24, 2.45) is 5.92 Å². The number of nitrogens with zero attached hydrogens (tertiary/aromatic N) is 5. The van der Waals surface area contributed by atoms with Crippen LogP contribution in [-0.2, 0) is 117 Å². The monoisotopic (exact) mass is 1560 g/mol. The minimum absolute atomic E-state index is 0.0261. The summed E-state index contributed by atoms with van der Waals surface area (Å²) in [4.78, 5) is 183. The Hall–Kier alpha value is -10.1. The molecule has 113 heavy (non-hydrogen) atoms. The van der Waals surface area contributed by atoms with Crippen LogP contribution in [0.3, 0.4) is 0 Å². The average Bonchev–Trinajstić information content (AvgIpc) is 1.66. The van der Waals surface area contributed by atoms with Crippen LogP contribution in [0.15, 0.2) is 109 Å². The van der Waals surface area contributed by atoms with Gasteiger partial charge in [0.15, 0.2) is 11.6 Å². The number of hydrogen-bond donors (Lipinski definition) is 7. The number of carbonyl (C=O) groups is 12. The van der Waals surface area contributed by atoms with E-state index in [2.05, 4.69) is 31.9 Å². The third-order valence-corrected chi connectivity index (χ3v) is 21.8. The number of ether oxygens (including phenoxy) is 4. The summed E-state index contributed by atoms with van der Waals surface area (Å²) in [6.45, 7) is 5.67. The molecular weight excluding hydrogens is 1450 g/mol. The lowest BCUT2D eigenvalue weighted by Crippen LogP contribution is -2.62. The number of halogens is 1. The van der Waals surface area contributed by atoms with Gasteiger partial charge in [0, 0.05) is 107 Å². The van der Waals surface area contributed by atoms with Gasteiger partial charge in [0.25, 0.3) is 0 Å². The molecule has 1 aromatic heterocycles. The van der Waals surface area contributed by atoms with Gasteiger partial charge in [-0.1, -0.05) is 72.8 Å². The molecule has 11 rings (SSSR count). The third-order valence-electron chi connectivity index (χ3n) is 21.8. The van der Waals surface area contributed by atoms with Gasteiger partial charge in [0.05, 0.1) is 78.5 Å². The van der Waals surface area contributed by atoms with E-state index < -0.39 is 138 Å². The highest BCUT2D eigenvalue weighted by Gasteiger charge is 2.49. The fourth-order valence-corrected chi connectivity index (χ4v) is 15.2. The van der Waals surface area contributed by atoms with Gasteiger partial charge in [-0.2, -0.15) is 0 Å². The number of ketones is 3. The first kappa shape index (κ1) is 85.4. The summed E-state index contributed by atoms with van der Waals surface area (Å²) in [7, 11) is 7.63. The van der Waals surface area contributed by atoms with Crippen LogP contribution in [0.25, 0.3) is 10.9 Å². The second-order valence-electron chi connectivity index (χ2n) is 31.5. The predicted octanol–water partition coefficient (Wildman–Crippen LogP) is 3.98. The van der Waals surface area contributed by atoms with Crippen LogP contribution < -0.4 is 36.6 Å². The third kappa shape index (κ3) is 23.5. The van der Waals surface area contributed by atoms with E-state index in [1.165, 1.54) is 42.9 Å². The van der Waals surface area contributed by atoms with Crippen molar-refractivity contribution in [2.45, 2.75) is 191 Å². The SMILES string of the molecule is COc1ccc(C[C@@H]2NC(=O)[C@H]([C@@H](C)O)NC(=O)[C@@H]3[C@@H]4CCN3C(=O)[C@H]3CC(=O)[C@H](Cc5cccc(c5)CNC(=O)CO4)NC(=O)[C@@H](CCC(=O)CCOCCOCC[N+](C)(C)C)NC(=O)[C@H](C)NC(=O)CCC(=O)N(C/C=C/Cn4cc(c5cc(F)ccc54)C3)Cc3ccc(cc3)CCCC(=O)[C@]3(C)CCCN3C2=O)cc1. The summed E-state index contributed by atoms with van der Waals surface area (Å²) in [6, 6.07) is 16.0. The lowest BCUT2D eigenvalue weighted by molar-refractivity contribution is -0.870. The Balaban J connectivity index is 1.07. The Morgan fingerprint density at radius 1 is 0.699 bits per heavy atom. The molecule has 12 bridgehead atoms. The molecule has 0 aliphatic carbocycles. The number of aryl methyl sites for hydroxylation is 1. The maximum atomic E-state index is 16.3. The number of carbonyl (C=O) groups excluding carboxylic acids is 12. The largest absolute Gasteiger partial charge is 0.497 e. The number of methoxy groups -OCH3 is 1. The molecule has 0 unspecified atom stereocenters. The van der Waals surface area contributed by atoms with Crippen molar-refractivity contribution in [3.05, 3.63) is 149 Å². The molecule has 28 nitrogen and oxygen atoms in total. The molecule has 0 saturated carbocycles. The molecule has 5 aromatic rings. The fraction of sp³-hybridized carbons (Fsp3) is 0.524. The summed E-state index contributed by atoms with van der Waals surface area (Å²) in [6.07, 6.45) is 1.41. The zero-order valence-electron chi connectivity index (χ0n) is 65.8. The zero-order valence-corrected chi connectivity index (χ0v) is 65.8. The van der Waals surface area contributed by atoms with Gasteiger partial charge in [-0.05, 0) is 136 Å². The fourth-order valence-electron chi connectivity index (χ4n) is 15.2. The molecule has 608 valence electrons. The number of benzene rings is 4. The van der Waals surface area contributed by atoms with Gasteiger partial charge in [-0.3, -0.25) is 57.5 Å². The van der Waals surface area contributed by atoms with E-state index in [1.807, 2.05) is 50.0 Å². The van der Waals surface area contributed by atoms with E-state index in [0.29, 0.717) is 82.3 Å². The Bertz CT molecular complexity index is 4290.